The minimum atomic E-state index is -0.735. The molecule has 1 heterocycles. The topological polar surface area (TPSA) is 110 Å². The highest BCUT2D eigenvalue weighted by atomic mass is 35.5. The molecular weight excluding hydrogens is 520 g/mol. The lowest BCUT2D eigenvalue weighted by Crippen LogP contribution is -2.37. The number of hydrogen-bond donors (Lipinski definition) is 3. The molecule has 0 fully saturated rings. The number of carbonyl (C=O) groups is 1. The summed E-state index contributed by atoms with van der Waals surface area (Å²) in [5.41, 5.74) is 3.22. The van der Waals surface area contributed by atoms with Crippen molar-refractivity contribution in [2.45, 2.75) is 38.8 Å². The first-order chi connectivity index (χ1) is 18.8. The number of carbonyl (C=O) groups excluding carboxylic acids is 1. The number of ether oxygens (including phenoxy) is 1. The number of hydrogen-bond acceptors (Lipinski definition) is 8. The van der Waals surface area contributed by atoms with E-state index in [-0.39, 0.29) is 19.2 Å². The van der Waals surface area contributed by atoms with E-state index in [9.17, 15) is 15.0 Å². The van der Waals surface area contributed by atoms with Crippen LogP contribution >= 0.6 is 11.6 Å². The maximum absolute atomic E-state index is 11.0. The van der Waals surface area contributed by atoms with Crippen LogP contribution in [0, 0.1) is 0 Å². The zero-order valence-corrected chi connectivity index (χ0v) is 22.5. The molecule has 2 atom stereocenters. The lowest BCUT2D eigenvalue weighted by molar-refractivity contribution is -0.210. The van der Waals surface area contributed by atoms with E-state index in [1.165, 1.54) is 6.92 Å². The first kappa shape index (κ1) is 28.3. The maximum Gasteiger partial charge on any atom is 0.352 e. The quantitative estimate of drug-likeness (QED) is 0.160. The number of benzene rings is 3. The van der Waals surface area contributed by atoms with E-state index in [2.05, 4.69) is 15.2 Å². The Balaban J connectivity index is 1.41. The molecule has 0 saturated heterocycles. The molecule has 0 aliphatic carbocycles. The average Bonchev–Trinajstić information content (AvgIpc) is 2.94. The van der Waals surface area contributed by atoms with Gasteiger partial charge >= 0.3 is 5.97 Å². The summed E-state index contributed by atoms with van der Waals surface area (Å²) in [6, 6.07) is 21.6. The summed E-state index contributed by atoms with van der Waals surface area (Å²) in [6.07, 6.45) is 0.547. The Labute approximate surface area is 232 Å². The standard InChI is InChI=1S/C30H31ClN2O6/c1-3-23-15-30(27-12-11-26(16-28(27)33-23)39-38-19(2)35)37-25-9-7-20(8-10-25)13-24(18-34)32-17-29(36)21-5-4-6-22(31)14-21/h4-12,14-16,24,29,32,34,36H,3,13,17-18H2,1-2H3/t24-,29-/m0/s1. The number of nitrogens with one attached hydrogen (secondary N) is 1. The largest absolute Gasteiger partial charge is 0.457 e. The third kappa shape index (κ3) is 7.91. The summed E-state index contributed by atoms with van der Waals surface area (Å²) in [5.74, 6) is 1.11. The van der Waals surface area contributed by atoms with Crippen LogP contribution in [0.15, 0.2) is 72.8 Å². The van der Waals surface area contributed by atoms with Crippen LogP contribution in [0.4, 0.5) is 0 Å². The number of aromatic nitrogens is 1. The van der Waals surface area contributed by atoms with Gasteiger partial charge in [-0.2, -0.15) is 0 Å². The maximum atomic E-state index is 11.0. The number of rotatable bonds is 12. The molecule has 1 aromatic heterocycles. The summed E-state index contributed by atoms with van der Waals surface area (Å²) in [6.45, 7) is 3.48. The smallest absolute Gasteiger partial charge is 0.352 e. The van der Waals surface area contributed by atoms with Gasteiger partial charge < -0.3 is 20.3 Å². The van der Waals surface area contributed by atoms with Gasteiger partial charge in [0.2, 0.25) is 0 Å². The predicted molar refractivity (Wildman–Crippen MR) is 149 cm³/mol. The van der Waals surface area contributed by atoms with Gasteiger partial charge in [-0.15, -0.1) is 0 Å². The first-order valence-corrected chi connectivity index (χ1v) is 13.1. The fourth-order valence-electron chi connectivity index (χ4n) is 4.07. The Hall–Kier alpha value is -3.69. The van der Waals surface area contributed by atoms with Gasteiger partial charge in [-0.25, -0.2) is 4.79 Å². The Kier molecular flexibility index (Phi) is 9.73. The van der Waals surface area contributed by atoms with Crippen LogP contribution < -0.4 is 14.9 Å². The molecule has 0 saturated carbocycles. The molecule has 4 aromatic rings. The van der Waals surface area contributed by atoms with Gasteiger partial charge in [0.05, 0.1) is 18.2 Å². The second-order valence-electron chi connectivity index (χ2n) is 9.11. The van der Waals surface area contributed by atoms with Crippen molar-refractivity contribution in [3.8, 4) is 17.2 Å². The van der Waals surface area contributed by atoms with Crippen molar-refractivity contribution in [3.05, 3.63) is 94.6 Å². The second kappa shape index (κ2) is 13.4. The SMILES string of the molecule is CCc1cc(Oc2ccc(C[C@@H](CO)NC[C@H](O)c3cccc(Cl)c3)cc2)c2ccc(OOC(C)=O)cc2n1. The minimum absolute atomic E-state index is 0.0769. The minimum Gasteiger partial charge on any atom is -0.457 e. The highest BCUT2D eigenvalue weighted by Gasteiger charge is 2.14. The number of halogens is 1. The number of aliphatic hydroxyl groups is 2. The molecule has 9 heteroatoms. The van der Waals surface area contributed by atoms with E-state index < -0.39 is 12.1 Å². The lowest BCUT2D eigenvalue weighted by atomic mass is 10.0. The fraction of sp³-hybridized carbons (Fsp3) is 0.267. The van der Waals surface area contributed by atoms with Gasteiger partial charge in [-0.05, 0) is 60.4 Å². The molecule has 0 bridgehead atoms. The summed E-state index contributed by atoms with van der Waals surface area (Å²) in [7, 11) is 0. The normalized spacial score (nSPS) is 12.6. The van der Waals surface area contributed by atoms with E-state index in [0.29, 0.717) is 40.6 Å². The zero-order valence-electron chi connectivity index (χ0n) is 21.8. The number of pyridine rings is 1. The molecule has 8 nitrogen and oxygen atoms in total. The molecule has 204 valence electrons. The highest BCUT2D eigenvalue weighted by Crippen LogP contribution is 2.32. The van der Waals surface area contributed by atoms with Crippen LogP contribution in [0.3, 0.4) is 0 Å². The van der Waals surface area contributed by atoms with Gasteiger partial charge in [0.25, 0.3) is 0 Å². The van der Waals surface area contributed by atoms with Gasteiger partial charge in [-0.1, -0.05) is 42.8 Å². The van der Waals surface area contributed by atoms with Crippen molar-refractivity contribution in [1.82, 2.24) is 10.3 Å². The van der Waals surface area contributed by atoms with Crippen LogP contribution in [-0.2, 0) is 22.5 Å². The first-order valence-electron chi connectivity index (χ1n) is 12.7. The Morgan fingerprint density at radius 3 is 2.51 bits per heavy atom. The summed E-state index contributed by atoms with van der Waals surface area (Å²) in [4.78, 5) is 25.4. The molecule has 39 heavy (non-hydrogen) atoms. The Morgan fingerprint density at radius 2 is 1.82 bits per heavy atom. The van der Waals surface area contributed by atoms with Crippen molar-refractivity contribution < 1.29 is 29.5 Å². The van der Waals surface area contributed by atoms with Crippen LogP contribution in [-0.4, -0.2) is 40.4 Å². The van der Waals surface area contributed by atoms with Crippen molar-refractivity contribution >= 4 is 28.5 Å². The molecule has 4 rings (SSSR count). The van der Waals surface area contributed by atoms with Gasteiger partial charge in [-0.3, -0.25) is 14.8 Å². The second-order valence-corrected chi connectivity index (χ2v) is 9.55. The van der Waals surface area contributed by atoms with Crippen LogP contribution in [0.25, 0.3) is 10.9 Å². The molecular formula is C30H31ClN2O6. The van der Waals surface area contributed by atoms with Crippen molar-refractivity contribution in [2.24, 2.45) is 0 Å². The third-order valence-electron chi connectivity index (χ3n) is 6.10. The number of aryl methyl sites for hydroxylation is 1. The molecule has 0 aliphatic rings. The summed E-state index contributed by atoms with van der Waals surface area (Å²) in [5, 5.41) is 24.9. The summed E-state index contributed by atoms with van der Waals surface area (Å²) >= 11 is 6.02. The van der Waals surface area contributed by atoms with E-state index in [1.807, 2.05) is 43.3 Å². The highest BCUT2D eigenvalue weighted by molar-refractivity contribution is 6.30. The van der Waals surface area contributed by atoms with E-state index >= 15 is 0 Å². The molecule has 0 aliphatic heterocycles. The van der Waals surface area contributed by atoms with E-state index in [0.717, 1.165) is 22.2 Å². The zero-order chi connectivity index (χ0) is 27.8. The molecule has 0 spiro atoms. The fourth-order valence-corrected chi connectivity index (χ4v) is 4.27. The van der Waals surface area contributed by atoms with Crippen molar-refractivity contribution in [1.29, 1.82) is 0 Å². The van der Waals surface area contributed by atoms with Gasteiger partial charge in [0.1, 0.15) is 11.5 Å². The summed E-state index contributed by atoms with van der Waals surface area (Å²) < 4.78 is 6.22. The van der Waals surface area contributed by atoms with Crippen molar-refractivity contribution in [3.63, 3.8) is 0 Å². The predicted octanol–water partition coefficient (Wildman–Crippen LogP) is 5.33. The average molecular weight is 551 g/mol. The Bertz CT molecular complexity index is 1410. The number of aliphatic hydroxyl groups excluding tert-OH is 2. The molecule has 3 aromatic carbocycles. The van der Waals surface area contributed by atoms with E-state index in [4.69, 9.17) is 21.2 Å². The van der Waals surface area contributed by atoms with Crippen LogP contribution in [0.2, 0.25) is 5.02 Å². The van der Waals surface area contributed by atoms with Gasteiger partial charge in [0.15, 0.2) is 5.75 Å². The van der Waals surface area contributed by atoms with Crippen LogP contribution in [0.1, 0.15) is 36.8 Å². The Morgan fingerprint density at radius 1 is 1.05 bits per heavy atom. The molecule has 3 N–H and O–H groups in total. The molecule has 0 amide bonds. The lowest BCUT2D eigenvalue weighted by Gasteiger charge is -2.19. The number of nitrogens with zero attached hydrogens (tertiary/aromatic N) is 1. The van der Waals surface area contributed by atoms with Crippen molar-refractivity contribution in [2.75, 3.05) is 13.2 Å². The van der Waals surface area contributed by atoms with E-state index in [1.54, 1.807) is 36.4 Å². The molecule has 0 radical (unpaired) electrons. The monoisotopic (exact) mass is 550 g/mol. The van der Waals surface area contributed by atoms with Crippen LogP contribution in [0.5, 0.6) is 17.2 Å². The number of fused-ring (bicyclic) bond motifs is 1. The third-order valence-corrected chi connectivity index (χ3v) is 6.34. The van der Waals surface area contributed by atoms with Gasteiger partial charge in [0, 0.05) is 47.7 Å². The molecule has 0 unspecified atom stereocenters.